The topological polar surface area (TPSA) is 67.4 Å². The van der Waals surface area contributed by atoms with Crippen molar-refractivity contribution in [1.82, 2.24) is 0 Å². The number of hydrogen-bond donors (Lipinski definition) is 2. The maximum Gasteiger partial charge on any atom is 0.224 e. The summed E-state index contributed by atoms with van der Waals surface area (Å²) in [7, 11) is 0. The standard InChI is InChI=1S/C23H30N2O3/c1-18(2)17-23(27)25-21-12-10-20(11-13-21)24-22(26)9-6-15-28-16-14-19-7-4-3-5-8-19/h3-5,7-8,10-13,18H,6,9,14-17H2,1-2H3,(H,24,26)(H,25,27). The Kier molecular flexibility index (Phi) is 9.22. The Morgan fingerprint density at radius 1 is 0.857 bits per heavy atom. The van der Waals surface area contributed by atoms with Crippen molar-refractivity contribution in [3.63, 3.8) is 0 Å². The Bertz CT molecular complexity index is 727. The number of benzene rings is 2. The fourth-order valence-electron chi connectivity index (χ4n) is 2.71. The molecular formula is C23H30N2O3. The SMILES string of the molecule is CC(C)CC(=O)Nc1ccc(NC(=O)CCCOCCc2ccccc2)cc1. The zero-order chi connectivity index (χ0) is 20.2. The molecule has 0 radical (unpaired) electrons. The maximum absolute atomic E-state index is 12.0. The van der Waals surface area contributed by atoms with Crippen LogP contribution in [0, 0.1) is 5.92 Å². The lowest BCUT2D eigenvalue weighted by molar-refractivity contribution is -0.117. The van der Waals surface area contributed by atoms with E-state index in [2.05, 4.69) is 22.8 Å². The molecule has 2 amide bonds. The Balaban J connectivity index is 1.60. The van der Waals surface area contributed by atoms with Gasteiger partial charge in [0.05, 0.1) is 6.61 Å². The van der Waals surface area contributed by atoms with E-state index in [1.165, 1.54) is 5.56 Å². The van der Waals surface area contributed by atoms with E-state index >= 15 is 0 Å². The lowest BCUT2D eigenvalue weighted by Gasteiger charge is -2.09. The number of carbonyl (C=O) groups is 2. The number of amides is 2. The van der Waals surface area contributed by atoms with Gasteiger partial charge in [0.15, 0.2) is 0 Å². The van der Waals surface area contributed by atoms with Gasteiger partial charge in [-0.3, -0.25) is 9.59 Å². The van der Waals surface area contributed by atoms with Crippen LogP contribution < -0.4 is 10.6 Å². The lowest BCUT2D eigenvalue weighted by atomic mass is 10.1. The van der Waals surface area contributed by atoms with E-state index in [0.717, 1.165) is 17.8 Å². The van der Waals surface area contributed by atoms with Crippen molar-refractivity contribution < 1.29 is 14.3 Å². The molecule has 150 valence electrons. The normalized spacial score (nSPS) is 10.7. The van der Waals surface area contributed by atoms with Gasteiger partial charge in [-0.25, -0.2) is 0 Å². The zero-order valence-corrected chi connectivity index (χ0v) is 16.7. The lowest BCUT2D eigenvalue weighted by Crippen LogP contribution is -2.14. The number of carbonyl (C=O) groups excluding carboxylic acids is 2. The summed E-state index contributed by atoms with van der Waals surface area (Å²) in [5.41, 5.74) is 2.71. The van der Waals surface area contributed by atoms with E-state index < -0.39 is 0 Å². The molecule has 0 saturated heterocycles. The first-order valence-electron chi connectivity index (χ1n) is 9.84. The quantitative estimate of drug-likeness (QED) is 0.556. The summed E-state index contributed by atoms with van der Waals surface area (Å²) in [4.78, 5) is 23.8. The fraction of sp³-hybridized carbons (Fsp3) is 0.391. The van der Waals surface area contributed by atoms with Gasteiger partial charge in [0, 0.05) is 30.8 Å². The first kappa shape index (κ1) is 21.6. The molecule has 5 nitrogen and oxygen atoms in total. The van der Waals surface area contributed by atoms with Crippen molar-refractivity contribution >= 4 is 23.2 Å². The van der Waals surface area contributed by atoms with Crippen LogP contribution in [0.4, 0.5) is 11.4 Å². The van der Waals surface area contributed by atoms with Crippen LogP contribution in [0.25, 0.3) is 0 Å². The summed E-state index contributed by atoms with van der Waals surface area (Å²) >= 11 is 0. The molecule has 0 saturated carbocycles. The highest BCUT2D eigenvalue weighted by Crippen LogP contribution is 2.15. The number of rotatable bonds is 11. The van der Waals surface area contributed by atoms with Gasteiger partial charge >= 0.3 is 0 Å². The molecule has 0 bridgehead atoms. The van der Waals surface area contributed by atoms with E-state index in [1.54, 1.807) is 24.3 Å². The second-order valence-electron chi connectivity index (χ2n) is 7.22. The minimum Gasteiger partial charge on any atom is -0.381 e. The van der Waals surface area contributed by atoms with Crippen LogP contribution in [0.1, 0.15) is 38.7 Å². The first-order valence-corrected chi connectivity index (χ1v) is 9.84. The van der Waals surface area contributed by atoms with Gasteiger partial charge in [-0.2, -0.15) is 0 Å². The Morgan fingerprint density at radius 3 is 2.07 bits per heavy atom. The fourth-order valence-corrected chi connectivity index (χ4v) is 2.71. The number of hydrogen-bond acceptors (Lipinski definition) is 3. The molecule has 0 heterocycles. The molecule has 0 fully saturated rings. The van der Waals surface area contributed by atoms with Crippen molar-refractivity contribution in [3.8, 4) is 0 Å². The largest absolute Gasteiger partial charge is 0.381 e. The molecule has 2 aromatic rings. The van der Waals surface area contributed by atoms with Crippen LogP contribution in [0.5, 0.6) is 0 Å². The van der Waals surface area contributed by atoms with Gasteiger partial charge in [-0.1, -0.05) is 44.2 Å². The summed E-state index contributed by atoms with van der Waals surface area (Å²) in [6.07, 6.45) is 2.47. The number of ether oxygens (including phenoxy) is 1. The second kappa shape index (κ2) is 11.9. The van der Waals surface area contributed by atoms with Crippen molar-refractivity contribution in [1.29, 1.82) is 0 Å². The van der Waals surface area contributed by atoms with E-state index in [0.29, 0.717) is 38.4 Å². The van der Waals surface area contributed by atoms with Crippen molar-refractivity contribution in [2.75, 3.05) is 23.8 Å². The van der Waals surface area contributed by atoms with Crippen molar-refractivity contribution in [2.24, 2.45) is 5.92 Å². The van der Waals surface area contributed by atoms with Crippen LogP contribution >= 0.6 is 0 Å². The first-order chi connectivity index (χ1) is 13.5. The average Bonchev–Trinajstić information content (AvgIpc) is 2.66. The average molecular weight is 383 g/mol. The third kappa shape index (κ3) is 8.82. The smallest absolute Gasteiger partial charge is 0.224 e. The van der Waals surface area contributed by atoms with Gasteiger partial charge in [0.25, 0.3) is 0 Å². The van der Waals surface area contributed by atoms with E-state index in [1.807, 2.05) is 32.0 Å². The Morgan fingerprint density at radius 2 is 1.46 bits per heavy atom. The molecule has 2 N–H and O–H groups in total. The molecule has 2 aromatic carbocycles. The minimum absolute atomic E-state index is 0.000880. The summed E-state index contributed by atoms with van der Waals surface area (Å²) in [5, 5.41) is 5.72. The summed E-state index contributed by atoms with van der Waals surface area (Å²) in [5.74, 6) is 0.281. The minimum atomic E-state index is -0.0387. The van der Waals surface area contributed by atoms with Crippen LogP contribution in [0.15, 0.2) is 54.6 Å². The van der Waals surface area contributed by atoms with Gasteiger partial charge in [-0.15, -0.1) is 0 Å². The van der Waals surface area contributed by atoms with Gasteiger partial charge in [0.2, 0.25) is 11.8 Å². The molecule has 0 atom stereocenters. The van der Waals surface area contributed by atoms with Gasteiger partial charge < -0.3 is 15.4 Å². The highest BCUT2D eigenvalue weighted by Gasteiger charge is 2.06. The Labute approximate surface area is 167 Å². The summed E-state index contributed by atoms with van der Waals surface area (Å²) in [6.45, 7) is 5.25. The summed E-state index contributed by atoms with van der Waals surface area (Å²) in [6, 6.07) is 17.4. The molecule has 0 spiro atoms. The Hall–Kier alpha value is -2.66. The number of anilines is 2. The predicted molar refractivity (Wildman–Crippen MR) is 113 cm³/mol. The molecule has 0 unspecified atom stereocenters. The predicted octanol–water partition coefficient (Wildman–Crippen LogP) is 4.65. The molecule has 0 aromatic heterocycles. The van der Waals surface area contributed by atoms with Crippen LogP contribution in [0.3, 0.4) is 0 Å². The van der Waals surface area contributed by atoms with Crippen molar-refractivity contribution in [2.45, 2.75) is 39.5 Å². The van der Waals surface area contributed by atoms with Crippen LogP contribution in [-0.4, -0.2) is 25.0 Å². The molecule has 0 aliphatic rings. The molecule has 5 heteroatoms. The zero-order valence-electron chi connectivity index (χ0n) is 16.7. The van der Waals surface area contributed by atoms with Crippen LogP contribution in [-0.2, 0) is 20.7 Å². The van der Waals surface area contributed by atoms with Crippen LogP contribution in [0.2, 0.25) is 0 Å². The third-order valence-corrected chi connectivity index (χ3v) is 4.12. The van der Waals surface area contributed by atoms with E-state index in [-0.39, 0.29) is 11.8 Å². The third-order valence-electron chi connectivity index (χ3n) is 4.12. The molecular weight excluding hydrogens is 352 g/mol. The molecule has 2 rings (SSSR count). The summed E-state index contributed by atoms with van der Waals surface area (Å²) < 4.78 is 5.60. The highest BCUT2D eigenvalue weighted by molar-refractivity contribution is 5.92. The van der Waals surface area contributed by atoms with E-state index in [9.17, 15) is 9.59 Å². The van der Waals surface area contributed by atoms with Gasteiger partial charge in [-0.05, 0) is 48.6 Å². The maximum atomic E-state index is 12.0. The van der Waals surface area contributed by atoms with Crippen molar-refractivity contribution in [3.05, 3.63) is 60.2 Å². The van der Waals surface area contributed by atoms with E-state index in [4.69, 9.17) is 4.74 Å². The molecule has 0 aliphatic heterocycles. The number of nitrogens with one attached hydrogen (secondary N) is 2. The molecule has 28 heavy (non-hydrogen) atoms. The highest BCUT2D eigenvalue weighted by atomic mass is 16.5. The monoisotopic (exact) mass is 382 g/mol. The molecule has 0 aliphatic carbocycles. The van der Waals surface area contributed by atoms with Gasteiger partial charge in [0.1, 0.15) is 0 Å². The second-order valence-corrected chi connectivity index (χ2v) is 7.22.